The third kappa shape index (κ3) is 3.94. The molecule has 0 bridgehead atoms. The zero-order valence-corrected chi connectivity index (χ0v) is 11.7. The minimum atomic E-state index is 0.882. The summed E-state index contributed by atoms with van der Waals surface area (Å²) >= 11 is 0. The summed E-state index contributed by atoms with van der Waals surface area (Å²) < 4.78 is 0. The highest BCUT2D eigenvalue weighted by molar-refractivity contribution is 4.84. The van der Waals surface area contributed by atoms with E-state index >= 15 is 0 Å². The summed E-state index contributed by atoms with van der Waals surface area (Å²) in [4.78, 5) is 5.35. The Bertz CT molecular complexity index is 246. The van der Waals surface area contributed by atoms with Crippen molar-refractivity contribution in [2.24, 2.45) is 5.92 Å². The third-order valence-corrected chi connectivity index (χ3v) is 4.82. The Balaban J connectivity index is 1.29. The Morgan fingerprint density at radius 3 is 2.39 bits per heavy atom. The molecule has 2 saturated heterocycles. The van der Waals surface area contributed by atoms with Gasteiger partial charge in [-0.15, -0.1) is 0 Å². The fourth-order valence-electron chi connectivity index (χ4n) is 3.37. The first-order chi connectivity index (χ1) is 8.90. The van der Waals surface area contributed by atoms with E-state index < -0.39 is 0 Å². The fraction of sp³-hybridized carbons (Fsp3) is 1.00. The van der Waals surface area contributed by atoms with Crippen LogP contribution in [0.4, 0.5) is 0 Å². The lowest BCUT2D eigenvalue weighted by Crippen LogP contribution is -2.37. The van der Waals surface area contributed by atoms with Crippen molar-refractivity contribution in [2.75, 3.05) is 45.8 Å². The highest BCUT2D eigenvalue weighted by Gasteiger charge is 2.26. The van der Waals surface area contributed by atoms with E-state index in [2.05, 4.69) is 15.1 Å². The summed E-state index contributed by atoms with van der Waals surface area (Å²) in [6, 6.07) is 0.882. The van der Waals surface area contributed by atoms with Crippen LogP contribution in [0.3, 0.4) is 0 Å². The van der Waals surface area contributed by atoms with E-state index in [1.807, 2.05) is 0 Å². The van der Waals surface area contributed by atoms with Gasteiger partial charge < -0.3 is 15.1 Å². The van der Waals surface area contributed by atoms with Gasteiger partial charge in [-0.1, -0.05) is 6.42 Å². The molecule has 1 atom stereocenters. The number of nitrogens with zero attached hydrogens (tertiary/aromatic N) is 2. The lowest BCUT2D eigenvalue weighted by Gasteiger charge is -2.28. The Labute approximate surface area is 112 Å². The molecule has 3 fully saturated rings. The lowest BCUT2D eigenvalue weighted by molar-refractivity contribution is 0.194. The molecule has 1 unspecified atom stereocenters. The molecule has 0 aromatic rings. The predicted octanol–water partition coefficient (Wildman–Crippen LogP) is 1.55. The largest absolute Gasteiger partial charge is 0.314 e. The molecule has 104 valence electrons. The van der Waals surface area contributed by atoms with Crippen LogP contribution in [-0.4, -0.2) is 61.7 Å². The van der Waals surface area contributed by atoms with Crippen molar-refractivity contribution in [1.82, 2.24) is 15.1 Å². The van der Waals surface area contributed by atoms with Crippen LogP contribution in [0.2, 0.25) is 0 Å². The maximum absolute atomic E-state index is 3.69. The van der Waals surface area contributed by atoms with Crippen molar-refractivity contribution in [1.29, 1.82) is 0 Å². The first-order valence-electron chi connectivity index (χ1n) is 8.08. The number of nitrogens with one attached hydrogen (secondary N) is 1. The monoisotopic (exact) mass is 251 g/mol. The number of likely N-dealkylation sites (tertiary alicyclic amines) is 2. The van der Waals surface area contributed by atoms with Gasteiger partial charge in [-0.05, 0) is 64.2 Å². The first kappa shape index (κ1) is 12.9. The third-order valence-electron chi connectivity index (χ3n) is 4.82. The van der Waals surface area contributed by atoms with E-state index in [0.717, 1.165) is 12.0 Å². The van der Waals surface area contributed by atoms with Gasteiger partial charge in [0, 0.05) is 25.7 Å². The van der Waals surface area contributed by atoms with Crippen molar-refractivity contribution in [2.45, 2.75) is 44.6 Å². The zero-order valence-electron chi connectivity index (χ0n) is 11.7. The van der Waals surface area contributed by atoms with E-state index in [9.17, 15) is 0 Å². The average Bonchev–Trinajstić information content (AvgIpc) is 3.14. The van der Waals surface area contributed by atoms with E-state index in [1.54, 1.807) is 0 Å². The van der Waals surface area contributed by atoms with Gasteiger partial charge in [-0.2, -0.15) is 0 Å². The molecule has 3 nitrogen and oxygen atoms in total. The minimum Gasteiger partial charge on any atom is -0.314 e. The van der Waals surface area contributed by atoms with Crippen molar-refractivity contribution in [3.63, 3.8) is 0 Å². The van der Waals surface area contributed by atoms with Gasteiger partial charge in [0.05, 0.1) is 0 Å². The Hall–Kier alpha value is -0.120. The van der Waals surface area contributed by atoms with Crippen LogP contribution < -0.4 is 5.32 Å². The highest BCUT2D eigenvalue weighted by atomic mass is 15.2. The van der Waals surface area contributed by atoms with Crippen LogP contribution in [0.25, 0.3) is 0 Å². The molecule has 3 heteroatoms. The summed E-state index contributed by atoms with van der Waals surface area (Å²) in [5.41, 5.74) is 0. The molecule has 18 heavy (non-hydrogen) atoms. The molecule has 2 aliphatic heterocycles. The molecule has 0 amide bonds. The van der Waals surface area contributed by atoms with Crippen LogP contribution in [0.5, 0.6) is 0 Å². The quantitative estimate of drug-likeness (QED) is 0.773. The second-order valence-electron chi connectivity index (χ2n) is 6.54. The molecule has 0 aromatic carbocycles. The van der Waals surface area contributed by atoms with Crippen LogP contribution in [0.15, 0.2) is 0 Å². The van der Waals surface area contributed by atoms with Gasteiger partial charge in [0.15, 0.2) is 0 Å². The summed E-state index contributed by atoms with van der Waals surface area (Å²) in [6.07, 6.45) is 8.56. The van der Waals surface area contributed by atoms with Gasteiger partial charge in [-0.3, -0.25) is 0 Å². The normalized spacial score (nSPS) is 31.0. The molecule has 2 heterocycles. The Kier molecular flexibility index (Phi) is 4.55. The summed E-state index contributed by atoms with van der Waals surface area (Å²) in [7, 11) is 0. The summed E-state index contributed by atoms with van der Waals surface area (Å²) in [6.45, 7) is 9.26. The second kappa shape index (κ2) is 6.36. The molecule has 1 N–H and O–H groups in total. The summed E-state index contributed by atoms with van der Waals surface area (Å²) in [5, 5.41) is 3.69. The molecule has 3 aliphatic rings. The standard InChI is InChI=1S/C15H29N3/c1-2-7-17(8-3-1)10-11-18-9-6-14(13-18)12-16-15-4-5-15/h14-16H,1-13H2. The SMILES string of the molecule is C1CCN(CCN2CCC(CNC3CC3)C2)CC1. The van der Waals surface area contributed by atoms with Crippen molar-refractivity contribution >= 4 is 0 Å². The second-order valence-corrected chi connectivity index (χ2v) is 6.54. The zero-order chi connectivity index (χ0) is 12.2. The molecule has 0 aromatic heterocycles. The Morgan fingerprint density at radius 1 is 0.833 bits per heavy atom. The number of rotatable bonds is 6. The van der Waals surface area contributed by atoms with Crippen LogP contribution in [0.1, 0.15) is 38.5 Å². The van der Waals surface area contributed by atoms with E-state index in [0.29, 0.717) is 0 Å². The molecule has 0 radical (unpaired) electrons. The fourth-order valence-corrected chi connectivity index (χ4v) is 3.37. The topological polar surface area (TPSA) is 18.5 Å². The highest BCUT2D eigenvalue weighted by Crippen LogP contribution is 2.21. The smallest absolute Gasteiger partial charge is 0.0109 e. The van der Waals surface area contributed by atoms with Crippen LogP contribution in [0, 0.1) is 5.92 Å². The molecule has 3 rings (SSSR count). The number of hydrogen-bond donors (Lipinski definition) is 1. The lowest BCUT2D eigenvalue weighted by atomic mass is 10.1. The maximum Gasteiger partial charge on any atom is 0.0109 e. The molecule has 1 saturated carbocycles. The Morgan fingerprint density at radius 2 is 1.61 bits per heavy atom. The van der Waals surface area contributed by atoms with Crippen molar-refractivity contribution in [3.05, 3.63) is 0 Å². The first-order valence-corrected chi connectivity index (χ1v) is 8.08. The summed E-state index contributed by atoms with van der Waals surface area (Å²) in [5.74, 6) is 0.923. The van der Waals surface area contributed by atoms with Crippen LogP contribution in [-0.2, 0) is 0 Å². The molecule has 0 spiro atoms. The maximum atomic E-state index is 3.69. The van der Waals surface area contributed by atoms with Gasteiger partial charge >= 0.3 is 0 Å². The molecule has 1 aliphatic carbocycles. The van der Waals surface area contributed by atoms with Crippen molar-refractivity contribution < 1.29 is 0 Å². The number of piperidine rings is 1. The van der Waals surface area contributed by atoms with Crippen molar-refractivity contribution in [3.8, 4) is 0 Å². The van der Waals surface area contributed by atoms with Crippen LogP contribution >= 0.6 is 0 Å². The van der Waals surface area contributed by atoms with E-state index in [-0.39, 0.29) is 0 Å². The number of hydrogen-bond acceptors (Lipinski definition) is 3. The molecular formula is C15H29N3. The van der Waals surface area contributed by atoms with Gasteiger partial charge in [-0.25, -0.2) is 0 Å². The van der Waals surface area contributed by atoms with Gasteiger partial charge in [0.1, 0.15) is 0 Å². The average molecular weight is 251 g/mol. The molecular weight excluding hydrogens is 222 g/mol. The van der Waals surface area contributed by atoms with Gasteiger partial charge in [0.25, 0.3) is 0 Å². The minimum absolute atomic E-state index is 0.882. The van der Waals surface area contributed by atoms with E-state index in [4.69, 9.17) is 0 Å². The predicted molar refractivity (Wildman–Crippen MR) is 75.9 cm³/mol. The van der Waals surface area contributed by atoms with Gasteiger partial charge in [0.2, 0.25) is 0 Å². The van der Waals surface area contributed by atoms with E-state index in [1.165, 1.54) is 84.3 Å².